The number of carbonyl (C=O) groups is 2. The Kier molecular flexibility index (Phi) is 6.45. The summed E-state index contributed by atoms with van der Waals surface area (Å²) in [5.74, 6) is -0.484. The van der Waals surface area contributed by atoms with Crippen LogP contribution in [0, 0.1) is 0 Å². The van der Waals surface area contributed by atoms with E-state index in [0.29, 0.717) is 6.42 Å². The number of benzene rings is 2. The van der Waals surface area contributed by atoms with Gasteiger partial charge in [-0.15, -0.1) is 0 Å². The average molecular weight is 408 g/mol. The minimum absolute atomic E-state index is 0.234. The zero-order valence-corrected chi connectivity index (χ0v) is 17.8. The summed E-state index contributed by atoms with van der Waals surface area (Å²) in [4.78, 5) is 30.6. The quantitative estimate of drug-likeness (QED) is 0.601. The molecule has 0 radical (unpaired) electrons. The highest BCUT2D eigenvalue weighted by Crippen LogP contribution is 2.23. The molecule has 0 aliphatic heterocycles. The van der Waals surface area contributed by atoms with Crippen LogP contribution < -0.4 is 0 Å². The lowest BCUT2D eigenvalue weighted by Gasteiger charge is -2.32. The van der Waals surface area contributed by atoms with Gasteiger partial charge in [0.25, 0.3) is 0 Å². The Morgan fingerprint density at radius 1 is 1.03 bits per heavy atom. The van der Waals surface area contributed by atoms with Gasteiger partial charge in [0.05, 0.1) is 7.11 Å². The molecule has 0 aliphatic rings. The maximum absolute atomic E-state index is 13.1. The lowest BCUT2D eigenvalue weighted by Crippen LogP contribution is -2.48. The molecule has 0 saturated heterocycles. The summed E-state index contributed by atoms with van der Waals surface area (Å²) in [6.07, 6.45) is 1.63. The molecule has 0 fully saturated rings. The molecule has 0 unspecified atom stereocenters. The van der Waals surface area contributed by atoms with Crippen molar-refractivity contribution in [1.29, 1.82) is 0 Å². The summed E-state index contributed by atoms with van der Waals surface area (Å²) in [5.41, 5.74) is 2.12. The monoisotopic (exact) mass is 408 g/mol. The minimum Gasteiger partial charge on any atom is -0.467 e. The van der Waals surface area contributed by atoms with Crippen molar-refractivity contribution in [3.8, 4) is 0 Å². The molecule has 1 aromatic heterocycles. The van der Waals surface area contributed by atoms with Crippen molar-refractivity contribution in [1.82, 2.24) is 9.88 Å². The van der Waals surface area contributed by atoms with Crippen LogP contribution >= 0.6 is 0 Å². The number of nitrogens with one attached hydrogen (secondary N) is 1. The van der Waals surface area contributed by atoms with Gasteiger partial charge in [-0.2, -0.15) is 0 Å². The number of rotatable bonds is 6. The summed E-state index contributed by atoms with van der Waals surface area (Å²) in [5, 5.41) is 1.01. The Morgan fingerprint density at radius 3 is 2.37 bits per heavy atom. The zero-order valence-electron chi connectivity index (χ0n) is 17.8. The van der Waals surface area contributed by atoms with Gasteiger partial charge < -0.3 is 14.5 Å². The van der Waals surface area contributed by atoms with Crippen molar-refractivity contribution in [2.45, 2.75) is 45.4 Å². The second-order valence-electron chi connectivity index (χ2n) is 8.20. The summed E-state index contributed by atoms with van der Waals surface area (Å²) in [7, 11) is 1.33. The minimum atomic E-state index is -0.829. The van der Waals surface area contributed by atoms with Crippen molar-refractivity contribution in [3.05, 3.63) is 71.9 Å². The molecule has 0 spiro atoms. The van der Waals surface area contributed by atoms with Gasteiger partial charge in [-0.25, -0.2) is 9.59 Å². The highest BCUT2D eigenvalue weighted by Gasteiger charge is 2.34. The number of esters is 1. The number of para-hydroxylation sites is 1. The molecule has 0 aliphatic carbocycles. The van der Waals surface area contributed by atoms with Crippen LogP contribution in [0.4, 0.5) is 4.79 Å². The van der Waals surface area contributed by atoms with Crippen molar-refractivity contribution in [2.75, 3.05) is 7.11 Å². The predicted octanol–water partition coefficient (Wildman–Crippen LogP) is 4.69. The largest absolute Gasteiger partial charge is 0.467 e. The first-order chi connectivity index (χ1) is 14.3. The zero-order chi connectivity index (χ0) is 21.7. The molecule has 0 bridgehead atoms. The molecule has 158 valence electrons. The maximum Gasteiger partial charge on any atom is 0.411 e. The second-order valence-corrected chi connectivity index (χ2v) is 8.20. The van der Waals surface area contributed by atoms with E-state index in [4.69, 9.17) is 9.47 Å². The van der Waals surface area contributed by atoms with Gasteiger partial charge in [0.2, 0.25) is 0 Å². The second kappa shape index (κ2) is 9.03. The first kappa shape index (κ1) is 21.4. The molecule has 3 aromatic rings. The van der Waals surface area contributed by atoms with E-state index in [2.05, 4.69) is 4.98 Å². The number of aromatic nitrogens is 1. The van der Waals surface area contributed by atoms with Gasteiger partial charge in [0.1, 0.15) is 11.6 Å². The molecule has 6 nitrogen and oxygen atoms in total. The molecule has 6 heteroatoms. The SMILES string of the molecule is COC(=O)[C@H](Cc1c[nH]c2ccccc12)N(Cc1ccccc1)C(=O)OC(C)(C)C. The van der Waals surface area contributed by atoms with Gasteiger partial charge in [-0.1, -0.05) is 48.5 Å². The van der Waals surface area contributed by atoms with Crippen LogP contribution in [0.3, 0.4) is 0 Å². The highest BCUT2D eigenvalue weighted by molar-refractivity contribution is 5.86. The van der Waals surface area contributed by atoms with Crippen LogP contribution in [0.1, 0.15) is 31.9 Å². The molecule has 3 rings (SSSR count). The number of carbonyl (C=O) groups excluding carboxylic acids is 2. The van der Waals surface area contributed by atoms with Crippen LogP contribution in [0.5, 0.6) is 0 Å². The maximum atomic E-state index is 13.1. The molecule has 2 aromatic carbocycles. The fourth-order valence-corrected chi connectivity index (χ4v) is 3.37. The fraction of sp³-hybridized carbons (Fsp3) is 0.333. The average Bonchev–Trinajstić information content (AvgIpc) is 3.12. The van der Waals surface area contributed by atoms with Crippen molar-refractivity contribution < 1.29 is 19.1 Å². The van der Waals surface area contributed by atoms with E-state index in [9.17, 15) is 9.59 Å². The van der Waals surface area contributed by atoms with Crippen molar-refractivity contribution in [3.63, 3.8) is 0 Å². The number of hydrogen-bond donors (Lipinski definition) is 1. The molecule has 30 heavy (non-hydrogen) atoms. The summed E-state index contributed by atoms with van der Waals surface area (Å²) >= 11 is 0. The van der Waals surface area contributed by atoms with E-state index in [-0.39, 0.29) is 6.54 Å². The smallest absolute Gasteiger partial charge is 0.411 e. The van der Waals surface area contributed by atoms with Gasteiger partial charge in [-0.05, 0) is 38.0 Å². The number of methoxy groups -OCH3 is 1. The van der Waals surface area contributed by atoms with E-state index < -0.39 is 23.7 Å². The molecule has 1 amide bonds. The van der Waals surface area contributed by atoms with Gasteiger partial charge in [0.15, 0.2) is 0 Å². The third-order valence-electron chi connectivity index (χ3n) is 4.76. The Bertz CT molecular complexity index is 1000. The number of fused-ring (bicyclic) bond motifs is 1. The summed E-state index contributed by atoms with van der Waals surface area (Å²) < 4.78 is 10.7. The highest BCUT2D eigenvalue weighted by atomic mass is 16.6. The third kappa shape index (κ3) is 5.20. The van der Waals surface area contributed by atoms with Crippen LogP contribution in [0.2, 0.25) is 0 Å². The predicted molar refractivity (Wildman–Crippen MR) is 116 cm³/mol. The van der Waals surface area contributed by atoms with Gasteiger partial charge in [0, 0.05) is 30.1 Å². The summed E-state index contributed by atoms with van der Waals surface area (Å²) in [6, 6.07) is 16.6. The molecule has 1 N–H and O–H groups in total. The number of H-pyrrole nitrogens is 1. The standard InChI is InChI=1S/C24H28N2O4/c1-24(2,3)30-23(28)26(16-17-10-6-5-7-11-17)21(22(27)29-4)14-18-15-25-20-13-9-8-12-19(18)20/h5-13,15,21,25H,14,16H2,1-4H3/t21-/m0/s1. The van der Waals surface area contributed by atoms with E-state index in [0.717, 1.165) is 22.0 Å². The Hall–Kier alpha value is -3.28. The molecule has 1 heterocycles. The number of ether oxygens (including phenoxy) is 2. The van der Waals surface area contributed by atoms with Gasteiger partial charge in [-0.3, -0.25) is 4.90 Å². The number of aromatic amines is 1. The lowest BCUT2D eigenvalue weighted by atomic mass is 10.0. The topological polar surface area (TPSA) is 71.6 Å². The van der Waals surface area contributed by atoms with Crippen LogP contribution in [0.25, 0.3) is 10.9 Å². The van der Waals surface area contributed by atoms with Crippen LogP contribution in [-0.4, -0.2) is 40.7 Å². The molecule has 0 saturated carbocycles. The van der Waals surface area contributed by atoms with Gasteiger partial charge >= 0.3 is 12.1 Å². The van der Waals surface area contributed by atoms with E-state index in [1.54, 1.807) is 20.8 Å². The Morgan fingerprint density at radius 2 is 1.70 bits per heavy atom. The fourth-order valence-electron chi connectivity index (χ4n) is 3.37. The third-order valence-corrected chi connectivity index (χ3v) is 4.76. The molecular formula is C24H28N2O4. The van der Waals surface area contributed by atoms with E-state index in [1.807, 2.05) is 60.8 Å². The lowest BCUT2D eigenvalue weighted by molar-refractivity contribution is -0.147. The number of hydrogen-bond acceptors (Lipinski definition) is 4. The van der Waals surface area contributed by atoms with Crippen molar-refractivity contribution in [2.24, 2.45) is 0 Å². The van der Waals surface area contributed by atoms with Crippen LogP contribution in [-0.2, 0) is 27.2 Å². The van der Waals surface area contributed by atoms with E-state index >= 15 is 0 Å². The Labute approximate surface area is 176 Å². The Balaban J connectivity index is 1.97. The van der Waals surface area contributed by atoms with Crippen LogP contribution in [0.15, 0.2) is 60.8 Å². The first-order valence-electron chi connectivity index (χ1n) is 9.95. The van der Waals surface area contributed by atoms with E-state index in [1.165, 1.54) is 12.0 Å². The summed E-state index contributed by atoms with van der Waals surface area (Å²) in [6.45, 7) is 5.65. The normalized spacial score (nSPS) is 12.4. The molecule has 1 atom stereocenters. The van der Waals surface area contributed by atoms with Crippen molar-refractivity contribution >= 4 is 23.0 Å². The molecular weight excluding hydrogens is 380 g/mol. The number of amides is 1. The number of nitrogens with zero attached hydrogens (tertiary/aromatic N) is 1. The first-order valence-corrected chi connectivity index (χ1v) is 9.95.